The number of benzene rings is 1. The minimum Gasteiger partial charge on any atom is -0.494 e. The fraction of sp³-hybridized carbons (Fsp3) is 0.250. The minimum atomic E-state index is -3.67. The monoisotopic (exact) mass is 383 g/mol. The van der Waals surface area contributed by atoms with Gasteiger partial charge in [-0.3, -0.25) is 4.98 Å². The van der Waals surface area contributed by atoms with Gasteiger partial charge in [0.2, 0.25) is 10.0 Å². The van der Waals surface area contributed by atoms with E-state index in [1.165, 1.54) is 6.20 Å². The third-order valence-corrected chi connectivity index (χ3v) is 6.59. The molecule has 7 heteroatoms. The van der Waals surface area contributed by atoms with Crippen LogP contribution in [0.2, 0.25) is 0 Å². The van der Waals surface area contributed by atoms with Crippen molar-refractivity contribution in [3.8, 4) is 5.75 Å². The van der Waals surface area contributed by atoms with Gasteiger partial charge in [-0.1, -0.05) is 12.1 Å². The number of hydrogen-bond acceptors (Lipinski definition) is 4. The van der Waals surface area contributed by atoms with Gasteiger partial charge in [0, 0.05) is 37.4 Å². The molecule has 0 bridgehead atoms. The van der Waals surface area contributed by atoms with Crippen molar-refractivity contribution in [1.29, 1.82) is 0 Å². The summed E-state index contributed by atoms with van der Waals surface area (Å²) in [6, 6.07) is 14.4. The van der Waals surface area contributed by atoms with Crippen LogP contribution in [0.3, 0.4) is 0 Å². The molecule has 1 aromatic carbocycles. The second-order valence-corrected chi connectivity index (χ2v) is 8.23. The smallest absolute Gasteiger partial charge is 0.245 e. The van der Waals surface area contributed by atoms with Gasteiger partial charge in [0.05, 0.1) is 12.6 Å². The number of aromatic nitrogens is 2. The van der Waals surface area contributed by atoms with Gasteiger partial charge < -0.3 is 9.30 Å². The molecule has 0 fully saturated rings. The minimum absolute atomic E-state index is 0.209. The number of fused-ring (bicyclic) bond motifs is 1. The van der Waals surface area contributed by atoms with E-state index in [0.717, 1.165) is 17.0 Å². The Bertz CT molecular complexity index is 1010. The highest BCUT2D eigenvalue weighted by molar-refractivity contribution is 7.89. The summed E-state index contributed by atoms with van der Waals surface area (Å²) in [5, 5.41) is 0. The van der Waals surface area contributed by atoms with Crippen LogP contribution >= 0.6 is 0 Å². The maximum atomic E-state index is 13.3. The highest BCUT2D eigenvalue weighted by atomic mass is 32.2. The van der Waals surface area contributed by atoms with E-state index in [0.29, 0.717) is 19.7 Å². The van der Waals surface area contributed by atoms with Gasteiger partial charge in [0.1, 0.15) is 10.6 Å². The van der Waals surface area contributed by atoms with Crippen LogP contribution in [0.1, 0.15) is 24.2 Å². The number of sulfonamides is 1. The van der Waals surface area contributed by atoms with Crippen molar-refractivity contribution in [2.75, 3.05) is 13.2 Å². The third kappa shape index (κ3) is 3.24. The van der Waals surface area contributed by atoms with Gasteiger partial charge in [-0.05, 0) is 48.9 Å². The fourth-order valence-electron chi connectivity index (χ4n) is 3.51. The molecule has 1 unspecified atom stereocenters. The average Bonchev–Trinajstić information content (AvgIpc) is 3.18. The van der Waals surface area contributed by atoms with Crippen LogP contribution in [-0.4, -0.2) is 35.4 Å². The van der Waals surface area contributed by atoms with E-state index >= 15 is 0 Å². The molecule has 3 aromatic rings. The second-order valence-electron chi connectivity index (χ2n) is 6.34. The van der Waals surface area contributed by atoms with Crippen LogP contribution in [-0.2, 0) is 16.6 Å². The van der Waals surface area contributed by atoms with Gasteiger partial charge in [0.25, 0.3) is 0 Å². The normalized spacial score (nSPS) is 17.4. The van der Waals surface area contributed by atoms with E-state index < -0.39 is 16.1 Å². The summed E-state index contributed by atoms with van der Waals surface area (Å²) in [6.45, 7) is 3.55. The van der Waals surface area contributed by atoms with E-state index in [-0.39, 0.29) is 4.90 Å². The van der Waals surface area contributed by atoms with Gasteiger partial charge in [-0.15, -0.1) is 0 Å². The summed E-state index contributed by atoms with van der Waals surface area (Å²) >= 11 is 0. The highest BCUT2D eigenvalue weighted by Crippen LogP contribution is 2.36. The van der Waals surface area contributed by atoms with Crippen LogP contribution in [0.4, 0.5) is 0 Å². The van der Waals surface area contributed by atoms with Gasteiger partial charge in [0.15, 0.2) is 0 Å². The molecule has 0 aliphatic carbocycles. The first-order valence-electron chi connectivity index (χ1n) is 8.91. The molecule has 0 amide bonds. The van der Waals surface area contributed by atoms with Crippen LogP contribution < -0.4 is 4.74 Å². The lowest BCUT2D eigenvalue weighted by Crippen LogP contribution is -2.42. The molecule has 0 radical (unpaired) electrons. The maximum absolute atomic E-state index is 13.3. The molecule has 27 heavy (non-hydrogen) atoms. The Morgan fingerprint density at radius 3 is 2.63 bits per heavy atom. The topological polar surface area (TPSA) is 64.4 Å². The average molecular weight is 383 g/mol. The van der Waals surface area contributed by atoms with E-state index in [1.807, 2.05) is 49.5 Å². The van der Waals surface area contributed by atoms with Gasteiger partial charge in [-0.25, -0.2) is 8.42 Å². The molecule has 4 rings (SSSR count). The van der Waals surface area contributed by atoms with Crippen LogP contribution in [0.25, 0.3) is 0 Å². The standard InChI is InChI=1S/C20H21N3O3S/c1-2-26-17-9-7-16(8-10-17)20-19-6-4-12-22(19)13-14-23(20)27(24,25)18-5-3-11-21-15-18/h3-12,15,20H,2,13-14H2,1H3. The quantitative estimate of drug-likeness (QED) is 0.679. The molecule has 0 spiro atoms. The molecular formula is C20H21N3O3S. The largest absolute Gasteiger partial charge is 0.494 e. The van der Waals surface area contributed by atoms with E-state index in [9.17, 15) is 8.42 Å². The lowest BCUT2D eigenvalue weighted by atomic mass is 10.0. The second kappa shape index (κ2) is 7.17. The zero-order valence-electron chi connectivity index (χ0n) is 15.0. The Balaban J connectivity index is 1.79. The fourth-order valence-corrected chi connectivity index (χ4v) is 5.05. The van der Waals surface area contributed by atoms with E-state index in [1.54, 1.807) is 22.6 Å². The summed E-state index contributed by atoms with van der Waals surface area (Å²) in [5.74, 6) is 0.772. The first kappa shape index (κ1) is 17.8. The van der Waals surface area contributed by atoms with Crippen molar-refractivity contribution in [2.45, 2.75) is 24.4 Å². The SMILES string of the molecule is CCOc1ccc(C2c3cccn3CCN2S(=O)(=O)c2cccnc2)cc1. The molecule has 1 aliphatic heterocycles. The highest BCUT2D eigenvalue weighted by Gasteiger charge is 2.37. The molecule has 0 N–H and O–H groups in total. The molecule has 0 saturated heterocycles. The summed E-state index contributed by atoms with van der Waals surface area (Å²) in [5.41, 5.74) is 1.86. The Hall–Kier alpha value is -2.64. The molecule has 6 nitrogen and oxygen atoms in total. The van der Waals surface area contributed by atoms with E-state index in [4.69, 9.17) is 4.74 Å². The Morgan fingerprint density at radius 1 is 1.11 bits per heavy atom. The van der Waals surface area contributed by atoms with Crippen molar-refractivity contribution in [2.24, 2.45) is 0 Å². The first-order chi connectivity index (χ1) is 13.1. The predicted molar refractivity (Wildman–Crippen MR) is 102 cm³/mol. The van der Waals surface area contributed by atoms with Crippen LogP contribution in [0, 0.1) is 0 Å². The first-order valence-corrected chi connectivity index (χ1v) is 10.3. The summed E-state index contributed by atoms with van der Waals surface area (Å²) in [6.07, 6.45) is 4.97. The van der Waals surface area contributed by atoms with Crippen molar-refractivity contribution in [3.05, 3.63) is 78.4 Å². The van der Waals surface area contributed by atoms with Crippen molar-refractivity contribution in [1.82, 2.24) is 13.9 Å². The van der Waals surface area contributed by atoms with E-state index in [2.05, 4.69) is 9.55 Å². The van der Waals surface area contributed by atoms with Crippen molar-refractivity contribution in [3.63, 3.8) is 0 Å². The van der Waals surface area contributed by atoms with Gasteiger partial charge >= 0.3 is 0 Å². The number of rotatable bonds is 5. The molecule has 1 atom stereocenters. The summed E-state index contributed by atoms with van der Waals surface area (Å²) in [7, 11) is -3.67. The maximum Gasteiger partial charge on any atom is 0.245 e. The van der Waals surface area contributed by atoms with Crippen LogP contribution in [0.15, 0.2) is 72.0 Å². The lowest BCUT2D eigenvalue weighted by molar-refractivity contribution is 0.298. The van der Waals surface area contributed by atoms with Gasteiger partial charge in [-0.2, -0.15) is 4.31 Å². The Labute approximate surface area is 159 Å². The number of nitrogens with zero attached hydrogens (tertiary/aromatic N) is 3. The molecule has 2 aromatic heterocycles. The third-order valence-electron chi connectivity index (χ3n) is 4.74. The molecular weight excluding hydrogens is 362 g/mol. The molecule has 3 heterocycles. The predicted octanol–water partition coefficient (Wildman–Crippen LogP) is 3.08. The zero-order chi connectivity index (χ0) is 18.9. The number of ether oxygens (including phenoxy) is 1. The molecule has 140 valence electrons. The van der Waals surface area contributed by atoms with Crippen molar-refractivity contribution >= 4 is 10.0 Å². The lowest BCUT2D eigenvalue weighted by Gasteiger charge is -2.36. The Kier molecular flexibility index (Phi) is 4.72. The molecule has 0 saturated carbocycles. The van der Waals surface area contributed by atoms with Crippen LogP contribution in [0.5, 0.6) is 5.75 Å². The van der Waals surface area contributed by atoms with Crippen molar-refractivity contribution < 1.29 is 13.2 Å². The number of pyridine rings is 1. The number of hydrogen-bond donors (Lipinski definition) is 0. The zero-order valence-corrected chi connectivity index (χ0v) is 15.8. The Morgan fingerprint density at radius 2 is 1.93 bits per heavy atom. The summed E-state index contributed by atoms with van der Waals surface area (Å²) < 4.78 is 35.8. The summed E-state index contributed by atoms with van der Waals surface area (Å²) in [4.78, 5) is 4.19. The molecule has 1 aliphatic rings.